The van der Waals surface area contributed by atoms with Crippen molar-refractivity contribution in [3.63, 3.8) is 0 Å². The zero-order valence-electron chi connectivity index (χ0n) is 7.40. The summed E-state index contributed by atoms with van der Waals surface area (Å²) in [5, 5.41) is 2.11. The van der Waals surface area contributed by atoms with E-state index in [0.717, 1.165) is 0 Å². The first-order valence-corrected chi connectivity index (χ1v) is 3.63. The van der Waals surface area contributed by atoms with Crippen LogP contribution in [0, 0.1) is 0 Å². The Morgan fingerprint density at radius 1 is 1.50 bits per heavy atom. The third-order valence-corrected chi connectivity index (χ3v) is 1.32. The number of hydrogen-bond donors (Lipinski definition) is 2. The van der Waals surface area contributed by atoms with Gasteiger partial charge in [-0.15, -0.1) is 0 Å². The fourth-order valence-electron chi connectivity index (χ4n) is 0.456. The van der Waals surface area contributed by atoms with Crippen molar-refractivity contribution in [3.8, 4) is 0 Å². The number of carbonyl (C=O) groups is 1. The molecular formula is C7H14F2N2O. The zero-order valence-corrected chi connectivity index (χ0v) is 7.40. The minimum atomic E-state index is -2.56. The molecule has 0 spiro atoms. The smallest absolute Gasteiger partial charge is 0.258 e. The highest BCUT2D eigenvalue weighted by molar-refractivity contribution is 5.85. The molecule has 0 saturated heterocycles. The Bertz CT molecular complexity index is 165. The summed E-state index contributed by atoms with van der Waals surface area (Å²) in [4.78, 5) is 11.0. The maximum absolute atomic E-state index is 11.9. The Hall–Kier alpha value is -0.710. The number of nitrogens with two attached hydrogens (primary N) is 1. The molecule has 5 heteroatoms. The van der Waals surface area contributed by atoms with Gasteiger partial charge in [0.2, 0.25) is 5.91 Å². The van der Waals surface area contributed by atoms with Crippen molar-refractivity contribution >= 4 is 5.91 Å². The SMILES string of the molecule is CC(NC(=O)C(C)(C)N)C(F)F. The molecule has 3 nitrogen and oxygen atoms in total. The van der Waals surface area contributed by atoms with Crippen LogP contribution in [0.5, 0.6) is 0 Å². The molecule has 1 atom stereocenters. The standard InChI is InChI=1S/C7H14F2N2O/c1-4(5(8)9)11-6(12)7(2,3)10/h4-5H,10H2,1-3H3,(H,11,12). The second-order valence-electron chi connectivity index (χ2n) is 3.32. The molecule has 0 aliphatic heterocycles. The highest BCUT2D eigenvalue weighted by atomic mass is 19.3. The molecule has 1 unspecified atom stereocenters. The second-order valence-corrected chi connectivity index (χ2v) is 3.32. The number of alkyl halides is 2. The van der Waals surface area contributed by atoms with E-state index >= 15 is 0 Å². The maximum Gasteiger partial charge on any atom is 0.258 e. The van der Waals surface area contributed by atoms with Crippen LogP contribution >= 0.6 is 0 Å². The molecule has 0 saturated carbocycles. The first-order chi connectivity index (χ1) is 5.25. The van der Waals surface area contributed by atoms with Gasteiger partial charge in [0.15, 0.2) is 0 Å². The van der Waals surface area contributed by atoms with Crippen molar-refractivity contribution in [2.75, 3.05) is 0 Å². The Kier molecular flexibility index (Phi) is 3.57. The topological polar surface area (TPSA) is 55.1 Å². The van der Waals surface area contributed by atoms with Crippen LogP contribution in [0.4, 0.5) is 8.78 Å². The van der Waals surface area contributed by atoms with Gasteiger partial charge in [-0.25, -0.2) is 8.78 Å². The van der Waals surface area contributed by atoms with Crippen LogP contribution in [0.3, 0.4) is 0 Å². The molecule has 0 rings (SSSR count). The van der Waals surface area contributed by atoms with Gasteiger partial charge in [0.25, 0.3) is 6.43 Å². The van der Waals surface area contributed by atoms with Crippen LogP contribution in [0.2, 0.25) is 0 Å². The number of carbonyl (C=O) groups excluding carboxylic acids is 1. The molecule has 0 aliphatic rings. The third-order valence-electron chi connectivity index (χ3n) is 1.32. The number of hydrogen-bond acceptors (Lipinski definition) is 2. The van der Waals surface area contributed by atoms with Gasteiger partial charge in [-0.3, -0.25) is 4.79 Å². The first kappa shape index (κ1) is 11.3. The summed E-state index contributed by atoms with van der Waals surface area (Å²) in [5.41, 5.74) is 4.26. The average Bonchev–Trinajstić information content (AvgIpc) is 1.85. The average molecular weight is 180 g/mol. The van der Waals surface area contributed by atoms with Crippen LogP contribution in [-0.2, 0) is 4.79 Å². The minimum absolute atomic E-state index is 0.574. The fourth-order valence-corrected chi connectivity index (χ4v) is 0.456. The zero-order chi connectivity index (χ0) is 9.94. The molecule has 0 bridgehead atoms. The van der Waals surface area contributed by atoms with Gasteiger partial charge in [-0.2, -0.15) is 0 Å². The molecule has 0 aromatic carbocycles. The summed E-state index contributed by atoms with van der Waals surface area (Å²) in [5.74, 6) is -0.574. The van der Waals surface area contributed by atoms with Crippen molar-refractivity contribution in [3.05, 3.63) is 0 Å². The lowest BCUT2D eigenvalue weighted by Gasteiger charge is -2.21. The van der Waals surface area contributed by atoms with Crippen molar-refractivity contribution in [2.45, 2.75) is 38.8 Å². The molecule has 0 fully saturated rings. The Morgan fingerprint density at radius 2 is 1.92 bits per heavy atom. The van der Waals surface area contributed by atoms with Gasteiger partial charge in [0.1, 0.15) is 0 Å². The molecule has 12 heavy (non-hydrogen) atoms. The lowest BCUT2D eigenvalue weighted by molar-refractivity contribution is -0.126. The molecule has 0 aromatic heterocycles. The molecule has 0 radical (unpaired) electrons. The summed E-state index contributed by atoms with van der Waals surface area (Å²) in [6, 6.07) is -1.15. The number of amides is 1. The van der Waals surface area contributed by atoms with Crippen LogP contribution in [0.25, 0.3) is 0 Å². The number of halogens is 2. The fraction of sp³-hybridized carbons (Fsp3) is 0.857. The van der Waals surface area contributed by atoms with Crippen molar-refractivity contribution in [1.82, 2.24) is 5.32 Å². The highest BCUT2D eigenvalue weighted by Crippen LogP contribution is 2.02. The quantitative estimate of drug-likeness (QED) is 0.664. The van der Waals surface area contributed by atoms with E-state index in [4.69, 9.17) is 5.73 Å². The number of rotatable bonds is 3. The lowest BCUT2D eigenvalue weighted by atomic mass is 10.1. The Labute approximate surface area is 70.3 Å². The van der Waals surface area contributed by atoms with Crippen molar-refractivity contribution < 1.29 is 13.6 Å². The van der Waals surface area contributed by atoms with Gasteiger partial charge in [-0.1, -0.05) is 0 Å². The van der Waals surface area contributed by atoms with E-state index in [1.165, 1.54) is 20.8 Å². The molecule has 72 valence electrons. The Morgan fingerprint density at radius 3 is 2.17 bits per heavy atom. The molecule has 0 aliphatic carbocycles. The van der Waals surface area contributed by atoms with E-state index in [1.54, 1.807) is 0 Å². The second kappa shape index (κ2) is 3.80. The largest absolute Gasteiger partial charge is 0.346 e. The summed E-state index contributed by atoms with van der Waals surface area (Å²) in [7, 11) is 0. The predicted molar refractivity (Wildman–Crippen MR) is 41.9 cm³/mol. The molecule has 0 aromatic rings. The van der Waals surface area contributed by atoms with E-state index in [1.807, 2.05) is 0 Å². The van der Waals surface area contributed by atoms with Gasteiger partial charge in [0, 0.05) is 0 Å². The minimum Gasteiger partial charge on any atom is -0.346 e. The molecule has 1 amide bonds. The number of nitrogens with one attached hydrogen (secondary N) is 1. The first-order valence-electron chi connectivity index (χ1n) is 3.63. The summed E-state index contributed by atoms with van der Waals surface area (Å²) in [6.45, 7) is 4.15. The predicted octanol–water partition coefficient (Wildman–Crippen LogP) is 0.493. The summed E-state index contributed by atoms with van der Waals surface area (Å²) in [6.07, 6.45) is -2.56. The van der Waals surface area contributed by atoms with Crippen LogP contribution in [0.15, 0.2) is 0 Å². The lowest BCUT2D eigenvalue weighted by Crippen LogP contribution is -2.52. The molecule has 0 heterocycles. The Balaban J connectivity index is 4.02. The van der Waals surface area contributed by atoms with E-state index in [9.17, 15) is 13.6 Å². The van der Waals surface area contributed by atoms with Crippen molar-refractivity contribution in [1.29, 1.82) is 0 Å². The van der Waals surface area contributed by atoms with Gasteiger partial charge in [-0.05, 0) is 20.8 Å². The maximum atomic E-state index is 11.9. The van der Waals surface area contributed by atoms with E-state index < -0.39 is 23.9 Å². The summed E-state index contributed by atoms with van der Waals surface area (Å²) < 4.78 is 23.8. The van der Waals surface area contributed by atoms with Crippen LogP contribution < -0.4 is 11.1 Å². The normalized spacial score (nSPS) is 14.6. The van der Waals surface area contributed by atoms with E-state index in [0.29, 0.717) is 0 Å². The monoisotopic (exact) mass is 180 g/mol. The summed E-state index contributed by atoms with van der Waals surface area (Å²) >= 11 is 0. The van der Waals surface area contributed by atoms with E-state index in [2.05, 4.69) is 5.32 Å². The van der Waals surface area contributed by atoms with Gasteiger partial charge < -0.3 is 11.1 Å². The third kappa shape index (κ3) is 3.61. The van der Waals surface area contributed by atoms with E-state index in [-0.39, 0.29) is 0 Å². The van der Waals surface area contributed by atoms with Crippen LogP contribution in [-0.4, -0.2) is 23.9 Å². The van der Waals surface area contributed by atoms with Gasteiger partial charge >= 0.3 is 0 Å². The van der Waals surface area contributed by atoms with Crippen molar-refractivity contribution in [2.24, 2.45) is 5.73 Å². The van der Waals surface area contributed by atoms with Crippen LogP contribution in [0.1, 0.15) is 20.8 Å². The highest BCUT2D eigenvalue weighted by Gasteiger charge is 2.25. The molecular weight excluding hydrogens is 166 g/mol. The molecule has 3 N–H and O–H groups in total. The van der Waals surface area contributed by atoms with Gasteiger partial charge in [0.05, 0.1) is 11.6 Å².